The maximum absolute atomic E-state index is 5.87. The zero-order valence-electron chi connectivity index (χ0n) is 9.72. The number of nitrogens with two attached hydrogens (primary N) is 2. The van der Waals surface area contributed by atoms with Crippen molar-refractivity contribution in [3.63, 3.8) is 0 Å². The molecule has 0 saturated heterocycles. The Morgan fingerprint density at radius 3 is 2.71 bits per heavy atom. The van der Waals surface area contributed by atoms with Crippen molar-refractivity contribution in [2.75, 3.05) is 5.73 Å². The van der Waals surface area contributed by atoms with Crippen LogP contribution in [-0.4, -0.2) is 4.98 Å². The number of hydrogen-bond donors (Lipinski definition) is 3. The molecule has 2 rings (SSSR count). The zero-order valence-corrected chi connectivity index (χ0v) is 9.72. The molecule has 0 amide bonds. The molecule has 17 heavy (non-hydrogen) atoms. The minimum Gasteiger partial charge on any atom is -0.383 e. The van der Waals surface area contributed by atoms with E-state index in [1.807, 2.05) is 37.3 Å². The fourth-order valence-electron chi connectivity index (χ4n) is 1.89. The number of hydrogen-bond acceptors (Lipinski definition) is 4. The Morgan fingerprint density at radius 1 is 1.24 bits per heavy atom. The summed E-state index contributed by atoms with van der Waals surface area (Å²) in [5.41, 5.74) is 11.8. The first-order valence-electron chi connectivity index (χ1n) is 5.45. The van der Waals surface area contributed by atoms with E-state index in [0.717, 1.165) is 11.1 Å². The van der Waals surface area contributed by atoms with Gasteiger partial charge in [0.1, 0.15) is 5.82 Å². The molecule has 1 unspecified atom stereocenters. The Morgan fingerprint density at radius 2 is 2.06 bits per heavy atom. The lowest BCUT2D eigenvalue weighted by molar-refractivity contribution is 0.636. The van der Waals surface area contributed by atoms with E-state index in [0.29, 0.717) is 5.82 Å². The van der Waals surface area contributed by atoms with Crippen molar-refractivity contribution in [2.24, 2.45) is 5.84 Å². The Bertz CT molecular complexity index is 510. The predicted octanol–water partition coefficient (Wildman–Crippen LogP) is 1.52. The minimum atomic E-state index is -0.136. The molecular weight excluding hydrogens is 212 g/mol. The molecule has 4 nitrogen and oxygen atoms in total. The number of aromatic nitrogens is 1. The van der Waals surface area contributed by atoms with Crippen molar-refractivity contribution >= 4 is 5.82 Å². The summed E-state index contributed by atoms with van der Waals surface area (Å²) in [5.74, 6) is 6.12. The van der Waals surface area contributed by atoms with Gasteiger partial charge in [-0.25, -0.2) is 10.4 Å². The summed E-state index contributed by atoms with van der Waals surface area (Å²) in [5, 5.41) is 0. The summed E-state index contributed by atoms with van der Waals surface area (Å²) < 4.78 is 0. The van der Waals surface area contributed by atoms with Gasteiger partial charge in [-0.2, -0.15) is 0 Å². The molecule has 0 spiro atoms. The van der Waals surface area contributed by atoms with Crippen molar-refractivity contribution in [3.05, 3.63) is 59.3 Å². The van der Waals surface area contributed by atoms with Crippen LogP contribution in [0.1, 0.15) is 22.7 Å². The van der Waals surface area contributed by atoms with Crippen molar-refractivity contribution in [2.45, 2.75) is 13.0 Å². The molecule has 1 aromatic heterocycles. The molecular formula is C13H16N4. The van der Waals surface area contributed by atoms with Crippen LogP contribution in [0, 0.1) is 6.92 Å². The highest BCUT2D eigenvalue weighted by Gasteiger charge is 2.15. The maximum Gasteiger partial charge on any atom is 0.128 e. The van der Waals surface area contributed by atoms with Crippen LogP contribution in [0.3, 0.4) is 0 Å². The van der Waals surface area contributed by atoms with Gasteiger partial charge in [-0.15, -0.1) is 0 Å². The van der Waals surface area contributed by atoms with Gasteiger partial charge in [-0.1, -0.05) is 35.9 Å². The second-order valence-corrected chi connectivity index (χ2v) is 3.99. The summed E-state index contributed by atoms with van der Waals surface area (Å²) in [4.78, 5) is 4.08. The molecule has 1 aromatic carbocycles. The maximum atomic E-state index is 5.87. The molecule has 0 aliphatic carbocycles. The van der Waals surface area contributed by atoms with Crippen LogP contribution >= 0.6 is 0 Å². The SMILES string of the molecule is Cc1cccc(C(NN)c2cccnc2N)c1. The summed E-state index contributed by atoms with van der Waals surface area (Å²) in [6, 6.07) is 11.8. The molecule has 0 bridgehead atoms. The number of pyridine rings is 1. The van der Waals surface area contributed by atoms with Crippen LogP contribution in [0.2, 0.25) is 0 Å². The predicted molar refractivity (Wildman–Crippen MR) is 69.0 cm³/mol. The van der Waals surface area contributed by atoms with Crippen LogP contribution in [0.15, 0.2) is 42.6 Å². The Labute approximate surface area is 101 Å². The van der Waals surface area contributed by atoms with E-state index >= 15 is 0 Å². The summed E-state index contributed by atoms with van der Waals surface area (Å²) >= 11 is 0. The van der Waals surface area contributed by atoms with E-state index in [1.54, 1.807) is 6.20 Å². The van der Waals surface area contributed by atoms with E-state index in [-0.39, 0.29) is 6.04 Å². The van der Waals surface area contributed by atoms with Gasteiger partial charge in [0.15, 0.2) is 0 Å². The second-order valence-electron chi connectivity index (χ2n) is 3.99. The number of nitrogens with one attached hydrogen (secondary N) is 1. The second kappa shape index (κ2) is 4.95. The molecule has 1 atom stereocenters. The van der Waals surface area contributed by atoms with Crippen LogP contribution in [0.4, 0.5) is 5.82 Å². The van der Waals surface area contributed by atoms with Gasteiger partial charge in [0.25, 0.3) is 0 Å². The van der Waals surface area contributed by atoms with Gasteiger partial charge in [-0.3, -0.25) is 5.84 Å². The lowest BCUT2D eigenvalue weighted by Gasteiger charge is -2.18. The first-order chi connectivity index (χ1) is 8.22. The van der Waals surface area contributed by atoms with E-state index < -0.39 is 0 Å². The molecule has 0 aliphatic rings. The Kier molecular flexibility index (Phi) is 3.37. The van der Waals surface area contributed by atoms with Crippen LogP contribution in [-0.2, 0) is 0 Å². The van der Waals surface area contributed by atoms with E-state index in [2.05, 4.69) is 16.5 Å². The third kappa shape index (κ3) is 2.43. The molecule has 0 aliphatic heterocycles. The summed E-state index contributed by atoms with van der Waals surface area (Å²) in [6.07, 6.45) is 1.67. The molecule has 88 valence electrons. The average molecular weight is 228 g/mol. The number of aryl methyl sites for hydroxylation is 1. The van der Waals surface area contributed by atoms with E-state index in [4.69, 9.17) is 11.6 Å². The molecule has 0 radical (unpaired) electrons. The van der Waals surface area contributed by atoms with Gasteiger partial charge in [0, 0.05) is 11.8 Å². The third-order valence-corrected chi connectivity index (χ3v) is 2.72. The van der Waals surface area contributed by atoms with Crippen LogP contribution < -0.4 is 17.0 Å². The van der Waals surface area contributed by atoms with Crippen LogP contribution in [0.25, 0.3) is 0 Å². The quantitative estimate of drug-likeness (QED) is 0.550. The first kappa shape index (κ1) is 11.6. The van der Waals surface area contributed by atoms with Crippen molar-refractivity contribution < 1.29 is 0 Å². The van der Waals surface area contributed by atoms with Gasteiger partial charge in [0.2, 0.25) is 0 Å². The van der Waals surface area contributed by atoms with Crippen molar-refractivity contribution in [1.29, 1.82) is 0 Å². The van der Waals surface area contributed by atoms with E-state index in [1.165, 1.54) is 5.56 Å². The standard InChI is InChI=1S/C13H16N4/c1-9-4-2-5-10(8-9)12(17-15)11-6-3-7-16-13(11)14/h2-8,12,17H,15H2,1H3,(H2,14,16). The smallest absolute Gasteiger partial charge is 0.128 e. The minimum absolute atomic E-state index is 0.136. The highest BCUT2D eigenvalue weighted by molar-refractivity contribution is 5.45. The highest BCUT2D eigenvalue weighted by Crippen LogP contribution is 2.24. The van der Waals surface area contributed by atoms with Gasteiger partial charge >= 0.3 is 0 Å². The summed E-state index contributed by atoms with van der Waals surface area (Å²) in [6.45, 7) is 2.05. The molecule has 5 N–H and O–H groups in total. The van der Waals surface area contributed by atoms with Gasteiger partial charge in [-0.05, 0) is 18.6 Å². The number of nitrogen functional groups attached to an aromatic ring is 1. The number of rotatable bonds is 3. The Hall–Kier alpha value is -1.91. The molecule has 0 saturated carbocycles. The fraction of sp³-hybridized carbons (Fsp3) is 0.154. The molecule has 4 heteroatoms. The first-order valence-corrected chi connectivity index (χ1v) is 5.45. The number of anilines is 1. The van der Waals surface area contributed by atoms with Crippen molar-refractivity contribution in [3.8, 4) is 0 Å². The third-order valence-electron chi connectivity index (χ3n) is 2.72. The number of hydrazine groups is 1. The fourth-order valence-corrected chi connectivity index (χ4v) is 1.89. The van der Waals surface area contributed by atoms with E-state index in [9.17, 15) is 0 Å². The lowest BCUT2D eigenvalue weighted by Crippen LogP contribution is -2.29. The van der Waals surface area contributed by atoms with Gasteiger partial charge in [0.05, 0.1) is 6.04 Å². The number of nitrogens with zero attached hydrogens (tertiary/aromatic N) is 1. The average Bonchev–Trinajstić information content (AvgIpc) is 2.33. The molecule has 1 heterocycles. The number of benzene rings is 1. The van der Waals surface area contributed by atoms with Gasteiger partial charge < -0.3 is 5.73 Å². The monoisotopic (exact) mass is 228 g/mol. The Balaban J connectivity index is 2.44. The topological polar surface area (TPSA) is 77.0 Å². The largest absolute Gasteiger partial charge is 0.383 e. The molecule has 0 fully saturated rings. The lowest BCUT2D eigenvalue weighted by atomic mass is 9.98. The normalized spacial score (nSPS) is 12.4. The van der Waals surface area contributed by atoms with Crippen molar-refractivity contribution in [1.82, 2.24) is 10.4 Å². The highest BCUT2D eigenvalue weighted by atomic mass is 15.2. The zero-order chi connectivity index (χ0) is 12.3. The molecule has 2 aromatic rings. The summed E-state index contributed by atoms with van der Waals surface area (Å²) in [7, 11) is 0. The van der Waals surface area contributed by atoms with Crippen LogP contribution in [0.5, 0.6) is 0 Å².